The van der Waals surface area contributed by atoms with Crippen LogP contribution in [0.3, 0.4) is 0 Å². The normalized spacial score (nSPS) is 13.9. The van der Waals surface area contributed by atoms with Crippen LogP contribution in [0.25, 0.3) is 0 Å². The molecule has 17 nitrogen and oxygen atoms in total. The number of nitro groups is 2. The van der Waals surface area contributed by atoms with Gasteiger partial charge in [-0.05, 0) is 41.8 Å². The topological polar surface area (TPSA) is 283 Å². The molecule has 3 aromatic rings. The molecule has 0 aliphatic carbocycles. The van der Waals surface area contributed by atoms with Gasteiger partial charge in [0.1, 0.15) is 23.9 Å². The molecule has 5 atom stereocenters. The molecule has 1 unspecified atom stereocenters. The smallest absolute Gasteiger partial charge is 0.326 e. The first kappa shape index (κ1) is 38.5. The van der Waals surface area contributed by atoms with Crippen molar-refractivity contribution in [2.75, 3.05) is 6.54 Å². The van der Waals surface area contributed by atoms with Gasteiger partial charge in [0, 0.05) is 42.7 Å². The van der Waals surface area contributed by atoms with Crippen molar-refractivity contribution in [3.8, 4) is 5.75 Å². The molecule has 17 heteroatoms. The molecule has 3 aromatic carbocycles. The van der Waals surface area contributed by atoms with Gasteiger partial charge in [0.05, 0.1) is 11.0 Å². The number of carbonyl (C=O) groups excluding carboxylic acids is 3. The van der Waals surface area contributed by atoms with Gasteiger partial charge in [-0.1, -0.05) is 54.6 Å². The zero-order valence-corrected chi connectivity index (χ0v) is 26.8. The average molecular weight is 694 g/mol. The first-order valence-electron chi connectivity index (χ1n) is 15.6. The van der Waals surface area contributed by atoms with Crippen molar-refractivity contribution in [2.24, 2.45) is 11.5 Å². The number of hydrogen-bond donors (Lipinski definition) is 7. The number of rotatable bonds is 19. The van der Waals surface area contributed by atoms with E-state index in [1.807, 2.05) is 0 Å². The summed E-state index contributed by atoms with van der Waals surface area (Å²) >= 11 is 0. The van der Waals surface area contributed by atoms with Crippen LogP contribution in [-0.4, -0.2) is 80.5 Å². The molecule has 0 saturated heterocycles. The maximum Gasteiger partial charge on any atom is 0.326 e. The van der Waals surface area contributed by atoms with Gasteiger partial charge in [0.25, 0.3) is 5.69 Å². The maximum atomic E-state index is 13.8. The molecule has 9 N–H and O–H groups in total. The number of aromatic hydroxyl groups is 1. The van der Waals surface area contributed by atoms with Crippen molar-refractivity contribution in [1.29, 1.82) is 0 Å². The molecule has 0 radical (unpaired) electrons. The van der Waals surface area contributed by atoms with Crippen LogP contribution < -0.4 is 27.4 Å². The van der Waals surface area contributed by atoms with Crippen molar-refractivity contribution < 1.29 is 39.2 Å². The monoisotopic (exact) mass is 693 g/mol. The van der Waals surface area contributed by atoms with Crippen molar-refractivity contribution in [1.82, 2.24) is 16.0 Å². The van der Waals surface area contributed by atoms with E-state index in [1.54, 1.807) is 30.3 Å². The Labute approximate surface area is 286 Å². The second kappa shape index (κ2) is 18.6. The lowest BCUT2D eigenvalue weighted by Gasteiger charge is -2.26. The molecule has 0 spiro atoms. The van der Waals surface area contributed by atoms with E-state index in [-0.39, 0.29) is 43.7 Å². The Kier molecular flexibility index (Phi) is 14.3. The molecule has 0 heterocycles. The van der Waals surface area contributed by atoms with Gasteiger partial charge in [-0.15, -0.1) is 0 Å². The second-order valence-electron chi connectivity index (χ2n) is 11.6. The van der Waals surface area contributed by atoms with Crippen LogP contribution in [0, 0.1) is 20.2 Å². The molecule has 0 aliphatic rings. The van der Waals surface area contributed by atoms with E-state index < -0.39 is 70.2 Å². The third-order valence-corrected chi connectivity index (χ3v) is 7.78. The zero-order chi connectivity index (χ0) is 36.8. The highest BCUT2D eigenvalue weighted by Crippen LogP contribution is 2.15. The molecule has 3 amide bonds. The summed E-state index contributed by atoms with van der Waals surface area (Å²) < 4.78 is 0. The maximum absolute atomic E-state index is 13.8. The molecule has 3 rings (SSSR count). The van der Waals surface area contributed by atoms with Gasteiger partial charge < -0.3 is 37.6 Å². The summed E-state index contributed by atoms with van der Waals surface area (Å²) in [6.07, 6.45) is -0.994. The van der Waals surface area contributed by atoms with Gasteiger partial charge >= 0.3 is 5.97 Å². The Bertz CT molecular complexity index is 1640. The lowest BCUT2D eigenvalue weighted by Crippen LogP contribution is -2.58. The number of nitro benzene ring substituents is 1. The number of carboxylic acids is 1. The molecule has 266 valence electrons. The number of nitrogens with one attached hydrogen (secondary N) is 3. The number of phenolic OH excluding ortho intramolecular Hbond substituents is 1. The fourth-order valence-corrected chi connectivity index (χ4v) is 5.06. The van der Waals surface area contributed by atoms with Crippen molar-refractivity contribution >= 4 is 29.4 Å². The summed E-state index contributed by atoms with van der Waals surface area (Å²) in [5.41, 5.74) is 13.0. The molecular weight excluding hydrogens is 654 g/mol. The number of nitrogens with two attached hydrogens (primary N) is 2. The van der Waals surface area contributed by atoms with Gasteiger partial charge in [-0.2, -0.15) is 0 Å². The molecule has 0 fully saturated rings. The van der Waals surface area contributed by atoms with Crippen LogP contribution in [0.15, 0.2) is 78.9 Å². The molecule has 50 heavy (non-hydrogen) atoms. The third-order valence-electron chi connectivity index (χ3n) is 7.78. The lowest BCUT2D eigenvalue weighted by molar-refractivity contribution is -0.524. The molecule has 0 saturated carbocycles. The van der Waals surface area contributed by atoms with Crippen molar-refractivity contribution in [3.63, 3.8) is 0 Å². The highest BCUT2D eigenvalue weighted by atomic mass is 16.6. The molecule has 0 aliphatic heterocycles. The standard InChI is InChI=1S/C33H39N7O10/c34-15-14-24(40(49)50)19-28(36-30(42)26(35)16-20-4-2-1-3-5-20)32(44)37-27(17-22-8-12-25(41)13-9-22)31(43)38-29(33(45)46)18-21-6-10-23(11-7-21)39(47)48/h1-13,24,26-29,41H,14-19,34-35H2,(H,36,42)(H,37,44)(H,38,43)(H,45,46)/t24?,26-,27-,28-,29-/m0/s1. The fraction of sp³-hybridized carbons (Fsp3) is 0.333. The number of nitrogens with zero attached hydrogens (tertiary/aromatic N) is 2. The van der Waals surface area contributed by atoms with E-state index in [4.69, 9.17) is 11.5 Å². The Hall–Kier alpha value is -5.94. The minimum Gasteiger partial charge on any atom is -0.508 e. The van der Waals surface area contributed by atoms with E-state index in [0.717, 1.165) is 5.56 Å². The van der Waals surface area contributed by atoms with E-state index in [9.17, 15) is 49.6 Å². The van der Waals surface area contributed by atoms with Crippen LogP contribution in [0.5, 0.6) is 5.75 Å². The minimum atomic E-state index is -1.54. The highest BCUT2D eigenvalue weighted by Gasteiger charge is 2.34. The van der Waals surface area contributed by atoms with Crippen LogP contribution in [0.1, 0.15) is 29.5 Å². The van der Waals surface area contributed by atoms with Crippen LogP contribution in [-0.2, 0) is 38.4 Å². The quantitative estimate of drug-likeness (QED) is 0.0671. The number of phenols is 1. The first-order valence-corrected chi connectivity index (χ1v) is 15.6. The Morgan fingerprint density at radius 1 is 0.700 bits per heavy atom. The summed E-state index contributed by atoms with van der Waals surface area (Å²) in [5, 5.41) is 49.7. The number of amides is 3. The number of hydrogen-bond acceptors (Lipinski definition) is 11. The Balaban J connectivity index is 1.87. The van der Waals surface area contributed by atoms with Crippen LogP contribution in [0.2, 0.25) is 0 Å². The largest absolute Gasteiger partial charge is 0.508 e. The number of non-ortho nitro benzene ring substituents is 1. The summed E-state index contributed by atoms with van der Waals surface area (Å²) in [7, 11) is 0. The summed E-state index contributed by atoms with van der Waals surface area (Å²) in [4.78, 5) is 74.3. The van der Waals surface area contributed by atoms with Crippen LogP contribution in [0.4, 0.5) is 5.69 Å². The van der Waals surface area contributed by atoms with E-state index in [1.165, 1.54) is 48.5 Å². The van der Waals surface area contributed by atoms with Crippen molar-refractivity contribution in [2.45, 2.75) is 62.3 Å². The third kappa shape index (κ3) is 11.9. The average Bonchev–Trinajstić information content (AvgIpc) is 3.08. The lowest BCUT2D eigenvalue weighted by atomic mass is 10.00. The van der Waals surface area contributed by atoms with Gasteiger partial charge in [0.2, 0.25) is 23.8 Å². The molecule has 0 bridgehead atoms. The van der Waals surface area contributed by atoms with E-state index >= 15 is 0 Å². The summed E-state index contributed by atoms with van der Waals surface area (Å²) in [5.74, 6) is -4.21. The van der Waals surface area contributed by atoms with Gasteiger partial charge in [-0.3, -0.25) is 34.6 Å². The Morgan fingerprint density at radius 3 is 1.74 bits per heavy atom. The van der Waals surface area contributed by atoms with E-state index in [2.05, 4.69) is 16.0 Å². The predicted molar refractivity (Wildman–Crippen MR) is 179 cm³/mol. The fourth-order valence-electron chi connectivity index (χ4n) is 5.06. The minimum absolute atomic E-state index is 0.0758. The molecule has 0 aromatic heterocycles. The highest BCUT2D eigenvalue weighted by molar-refractivity contribution is 5.94. The number of benzene rings is 3. The Morgan fingerprint density at radius 2 is 1.20 bits per heavy atom. The molecular formula is C33H39N7O10. The number of carbonyl (C=O) groups is 4. The zero-order valence-electron chi connectivity index (χ0n) is 26.8. The number of carboxylic acid groups (broad SMARTS) is 1. The summed E-state index contributed by atoms with van der Waals surface area (Å²) in [6, 6.07) is 12.5. The van der Waals surface area contributed by atoms with Crippen LogP contribution >= 0.6 is 0 Å². The SMILES string of the molecule is NCCC(C[C@H](NC(=O)[C@@H](N)Cc1ccccc1)C(=O)N[C@@H](Cc1ccc(O)cc1)C(=O)N[C@@H](Cc1ccc([N+](=O)[O-])cc1)C(=O)O)[N+](=O)[O-]. The summed E-state index contributed by atoms with van der Waals surface area (Å²) in [6.45, 7) is -0.0846. The van der Waals surface area contributed by atoms with Gasteiger partial charge in [-0.25, -0.2) is 4.79 Å². The number of aliphatic carboxylic acids is 1. The van der Waals surface area contributed by atoms with Gasteiger partial charge in [0.15, 0.2) is 0 Å². The van der Waals surface area contributed by atoms with Crippen molar-refractivity contribution in [3.05, 3.63) is 116 Å². The van der Waals surface area contributed by atoms with E-state index in [0.29, 0.717) is 11.1 Å². The predicted octanol–water partition coefficient (Wildman–Crippen LogP) is 0.579. The second-order valence-corrected chi connectivity index (χ2v) is 11.6. The first-order chi connectivity index (χ1) is 23.8.